The van der Waals surface area contributed by atoms with E-state index in [0.29, 0.717) is 5.92 Å². The first kappa shape index (κ1) is 11.4. The van der Waals surface area contributed by atoms with Crippen LogP contribution in [0.4, 0.5) is 0 Å². The monoisotopic (exact) mass is 261 g/mol. The van der Waals surface area contributed by atoms with E-state index in [1.165, 1.54) is 36.8 Å². The Morgan fingerprint density at radius 2 is 1.84 bits per heavy atom. The van der Waals surface area contributed by atoms with Crippen LogP contribution in [0.2, 0.25) is 0 Å². The Morgan fingerprint density at radius 1 is 1.21 bits per heavy atom. The van der Waals surface area contributed by atoms with Crippen molar-refractivity contribution in [3.05, 3.63) is 12.2 Å². The van der Waals surface area contributed by atoms with E-state index in [2.05, 4.69) is 10.1 Å². The summed E-state index contributed by atoms with van der Waals surface area (Å²) in [5.41, 5.74) is 0. The molecule has 0 radical (unpaired) electrons. The summed E-state index contributed by atoms with van der Waals surface area (Å²) in [7, 11) is 0. The predicted molar refractivity (Wildman–Crippen MR) is 67.4 cm³/mol. The van der Waals surface area contributed by atoms with Gasteiger partial charge in [0.15, 0.2) is 5.82 Å². The van der Waals surface area contributed by atoms with Gasteiger partial charge in [-0.1, -0.05) is 0 Å². The molecule has 0 aliphatic heterocycles. The lowest BCUT2D eigenvalue weighted by Crippen LogP contribution is -2.44. The normalized spacial score (nSPS) is 39.7. The summed E-state index contributed by atoms with van der Waals surface area (Å²) in [5.74, 6) is 3.91. The van der Waals surface area contributed by atoms with E-state index in [-0.39, 0.29) is 6.54 Å². The number of aromatic nitrogens is 3. The summed E-state index contributed by atoms with van der Waals surface area (Å²) in [6.07, 6.45) is 8.38. The number of rotatable bonds is 3. The minimum atomic E-state index is -0.860. The fourth-order valence-electron chi connectivity index (χ4n) is 5.02. The van der Waals surface area contributed by atoms with Crippen LogP contribution in [-0.2, 0) is 11.3 Å². The van der Waals surface area contributed by atoms with Crippen LogP contribution < -0.4 is 0 Å². The summed E-state index contributed by atoms with van der Waals surface area (Å²) in [4.78, 5) is 15.1. The number of nitrogens with zero attached hydrogens (tertiary/aromatic N) is 3. The molecule has 1 heterocycles. The number of carbonyl (C=O) groups is 1. The largest absolute Gasteiger partial charge is 0.480 e. The zero-order chi connectivity index (χ0) is 13.0. The third kappa shape index (κ3) is 1.86. The van der Waals surface area contributed by atoms with Crippen LogP contribution in [0.25, 0.3) is 0 Å². The maximum Gasteiger partial charge on any atom is 0.325 e. The van der Waals surface area contributed by atoms with Gasteiger partial charge < -0.3 is 5.11 Å². The lowest BCUT2D eigenvalue weighted by atomic mass is 9.52. The molecule has 5 heteroatoms. The second-order valence-corrected chi connectivity index (χ2v) is 6.65. The van der Waals surface area contributed by atoms with Crippen molar-refractivity contribution in [1.29, 1.82) is 0 Å². The fraction of sp³-hybridized carbons (Fsp3) is 0.786. The van der Waals surface area contributed by atoms with Gasteiger partial charge in [-0.05, 0) is 55.8 Å². The Hall–Kier alpha value is -1.39. The number of hydrogen-bond acceptors (Lipinski definition) is 3. The summed E-state index contributed by atoms with van der Waals surface area (Å²) < 4.78 is 1.46. The average Bonchev–Trinajstić information content (AvgIpc) is 2.75. The third-order valence-electron chi connectivity index (χ3n) is 5.38. The molecule has 4 aliphatic rings. The van der Waals surface area contributed by atoms with Crippen molar-refractivity contribution in [3.63, 3.8) is 0 Å². The van der Waals surface area contributed by atoms with Gasteiger partial charge in [0.25, 0.3) is 0 Å². The third-order valence-corrected chi connectivity index (χ3v) is 5.38. The van der Waals surface area contributed by atoms with Crippen LogP contribution >= 0.6 is 0 Å². The first-order valence-electron chi connectivity index (χ1n) is 7.30. The Morgan fingerprint density at radius 3 is 2.42 bits per heavy atom. The van der Waals surface area contributed by atoms with Gasteiger partial charge in [0.1, 0.15) is 12.9 Å². The first-order valence-corrected chi connectivity index (χ1v) is 7.30. The van der Waals surface area contributed by atoms with Gasteiger partial charge >= 0.3 is 5.97 Å². The van der Waals surface area contributed by atoms with E-state index >= 15 is 0 Å². The van der Waals surface area contributed by atoms with E-state index < -0.39 is 5.97 Å². The van der Waals surface area contributed by atoms with Crippen molar-refractivity contribution >= 4 is 5.97 Å². The minimum Gasteiger partial charge on any atom is -0.480 e. The molecule has 0 aromatic carbocycles. The molecule has 4 fully saturated rings. The van der Waals surface area contributed by atoms with E-state index in [0.717, 1.165) is 29.5 Å². The lowest BCUT2D eigenvalue weighted by Gasteiger charge is -2.53. The molecule has 0 atom stereocenters. The second kappa shape index (κ2) is 4.05. The molecule has 1 aromatic heterocycles. The summed E-state index contributed by atoms with van der Waals surface area (Å²) in [5, 5.41) is 13.2. The van der Waals surface area contributed by atoms with E-state index in [1.54, 1.807) is 6.33 Å². The zero-order valence-electron chi connectivity index (χ0n) is 10.9. The highest BCUT2D eigenvalue weighted by molar-refractivity contribution is 5.66. The predicted octanol–water partition coefficient (Wildman–Crippen LogP) is 1.90. The highest BCUT2D eigenvalue weighted by Crippen LogP contribution is 2.59. The van der Waals surface area contributed by atoms with Crippen LogP contribution in [0.15, 0.2) is 6.33 Å². The molecule has 1 N–H and O–H groups in total. The van der Waals surface area contributed by atoms with Crippen molar-refractivity contribution in [2.24, 2.45) is 23.7 Å². The van der Waals surface area contributed by atoms with Crippen LogP contribution in [-0.4, -0.2) is 25.8 Å². The highest BCUT2D eigenvalue weighted by atomic mass is 16.4. The summed E-state index contributed by atoms with van der Waals surface area (Å²) in [6, 6.07) is 0. The summed E-state index contributed by atoms with van der Waals surface area (Å²) >= 11 is 0. The first-order chi connectivity index (χ1) is 9.19. The van der Waals surface area contributed by atoms with Crippen molar-refractivity contribution in [3.8, 4) is 0 Å². The van der Waals surface area contributed by atoms with Crippen molar-refractivity contribution in [1.82, 2.24) is 14.8 Å². The van der Waals surface area contributed by atoms with Crippen LogP contribution in [0.3, 0.4) is 0 Å². The van der Waals surface area contributed by atoms with Gasteiger partial charge in [-0.25, -0.2) is 9.67 Å². The molecule has 4 bridgehead atoms. The van der Waals surface area contributed by atoms with Crippen molar-refractivity contribution in [2.45, 2.75) is 44.6 Å². The number of carboxylic acids is 1. The molecule has 0 spiro atoms. The van der Waals surface area contributed by atoms with Gasteiger partial charge in [-0.2, -0.15) is 5.10 Å². The average molecular weight is 261 g/mol. The fourth-order valence-corrected chi connectivity index (χ4v) is 5.02. The van der Waals surface area contributed by atoms with Crippen LogP contribution in [0.1, 0.15) is 43.8 Å². The molecule has 5 nitrogen and oxygen atoms in total. The Labute approximate surface area is 112 Å². The van der Waals surface area contributed by atoms with E-state index in [9.17, 15) is 4.79 Å². The van der Waals surface area contributed by atoms with Crippen molar-refractivity contribution < 1.29 is 9.90 Å². The van der Waals surface area contributed by atoms with Gasteiger partial charge in [-0.15, -0.1) is 0 Å². The maximum atomic E-state index is 10.7. The SMILES string of the molecule is O=C(O)Cn1cnc(C2C3CC4CC(C3)CC2C4)n1. The molecule has 0 amide bonds. The van der Waals surface area contributed by atoms with Gasteiger partial charge in [0.05, 0.1) is 0 Å². The molecular weight excluding hydrogens is 242 g/mol. The molecular formula is C14H19N3O2. The van der Waals surface area contributed by atoms with Gasteiger partial charge in [-0.3, -0.25) is 4.79 Å². The van der Waals surface area contributed by atoms with Crippen LogP contribution in [0, 0.1) is 23.7 Å². The highest BCUT2D eigenvalue weighted by Gasteiger charge is 2.49. The molecule has 0 unspecified atom stereocenters. The molecule has 0 saturated heterocycles. The van der Waals surface area contributed by atoms with Crippen LogP contribution in [0.5, 0.6) is 0 Å². The summed E-state index contributed by atoms with van der Waals surface area (Å²) in [6.45, 7) is -0.0830. The Bertz CT molecular complexity index is 483. The van der Waals surface area contributed by atoms with E-state index in [1.807, 2.05) is 0 Å². The Balaban J connectivity index is 1.58. The number of hydrogen-bond donors (Lipinski definition) is 1. The molecule has 102 valence electrons. The maximum absolute atomic E-state index is 10.7. The lowest BCUT2D eigenvalue weighted by molar-refractivity contribution is -0.137. The quantitative estimate of drug-likeness (QED) is 0.902. The number of aliphatic carboxylic acids is 1. The smallest absolute Gasteiger partial charge is 0.325 e. The van der Waals surface area contributed by atoms with Gasteiger partial charge in [0.2, 0.25) is 0 Å². The molecule has 5 rings (SSSR count). The Kier molecular flexibility index (Phi) is 2.44. The molecule has 4 aliphatic carbocycles. The zero-order valence-corrected chi connectivity index (χ0v) is 10.9. The minimum absolute atomic E-state index is 0.0830. The molecule has 1 aromatic rings. The second-order valence-electron chi connectivity index (χ2n) is 6.65. The topological polar surface area (TPSA) is 68.0 Å². The van der Waals surface area contributed by atoms with Crippen molar-refractivity contribution in [2.75, 3.05) is 0 Å². The molecule has 4 saturated carbocycles. The van der Waals surface area contributed by atoms with E-state index in [4.69, 9.17) is 5.11 Å². The standard InChI is InChI=1S/C14H19N3O2/c18-12(19)6-17-7-15-14(16-17)13-10-2-8-1-9(4-10)5-11(13)3-8/h7-11,13H,1-6H2,(H,18,19). The number of carboxylic acid groups (broad SMARTS) is 1. The molecule has 19 heavy (non-hydrogen) atoms. The van der Waals surface area contributed by atoms with Gasteiger partial charge in [0, 0.05) is 5.92 Å².